The molecule has 6 nitrogen and oxygen atoms in total. The molecule has 0 aliphatic heterocycles. The van der Waals surface area contributed by atoms with Gasteiger partial charge in [0.1, 0.15) is 0 Å². The number of sulfonamides is 1. The number of hydrogen-bond acceptors (Lipinski definition) is 4. The maximum atomic E-state index is 11.5. The van der Waals surface area contributed by atoms with E-state index in [4.69, 9.17) is 0 Å². The van der Waals surface area contributed by atoms with Crippen LogP contribution in [0.25, 0.3) is 0 Å². The minimum Gasteiger partial charge on any atom is -0.352 e. The standard InChI is InChI=1S/C11H25N3O3S/c1-4-10(5-2)14-11(15)9-12-7-6-8-13-18(3,16)17/h10,12-13H,4-9H2,1-3H3,(H,14,15). The molecule has 0 aliphatic carbocycles. The summed E-state index contributed by atoms with van der Waals surface area (Å²) in [6.45, 7) is 5.35. The molecule has 0 bridgehead atoms. The van der Waals surface area contributed by atoms with Gasteiger partial charge in [-0.25, -0.2) is 13.1 Å². The molecule has 0 saturated carbocycles. The van der Waals surface area contributed by atoms with Crippen molar-refractivity contribution in [3.05, 3.63) is 0 Å². The summed E-state index contributed by atoms with van der Waals surface area (Å²) in [5.41, 5.74) is 0. The summed E-state index contributed by atoms with van der Waals surface area (Å²) in [5, 5.41) is 5.90. The molecule has 0 aromatic rings. The van der Waals surface area contributed by atoms with Crippen LogP contribution in [-0.2, 0) is 14.8 Å². The number of rotatable bonds is 10. The van der Waals surface area contributed by atoms with Crippen molar-refractivity contribution in [1.29, 1.82) is 0 Å². The van der Waals surface area contributed by atoms with E-state index in [1.807, 2.05) is 13.8 Å². The second-order valence-corrected chi connectivity index (χ2v) is 6.11. The first kappa shape index (κ1) is 17.3. The van der Waals surface area contributed by atoms with Crippen molar-refractivity contribution in [2.45, 2.75) is 39.2 Å². The van der Waals surface area contributed by atoms with Crippen molar-refractivity contribution < 1.29 is 13.2 Å². The summed E-state index contributed by atoms with van der Waals surface area (Å²) >= 11 is 0. The van der Waals surface area contributed by atoms with Gasteiger partial charge < -0.3 is 10.6 Å². The van der Waals surface area contributed by atoms with Crippen molar-refractivity contribution in [2.24, 2.45) is 0 Å². The Labute approximate surface area is 110 Å². The summed E-state index contributed by atoms with van der Waals surface area (Å²) in [7, 11) is -3.11. The molecular weight excluding hydrogens is 254 g/mol. The molecule has 7 heteroatoms. The average molecular weight is 279 g/mol. The SMILES string of the molecule is CCC(CC)NC(=O)CNCCCNS(C)(=O)=O. The lowest BCUT2D eigenvalue weighted by atomic mass is 10.2. The van der Waals surface area contributed by atoms with Gasteiger partial charge in [0.2, 0.25) is 15.9 Å². The Balaban J connectivity index is 3.52. The third-order valence-electron chi connectivity index (χ3n) is 2.53. The smallest absolute Gasteiger partial charge is 0.234 e. The van der Waals surface area contributed by atoms with E-state index in [-0.39, 0.29) is 18.5 Å². The molecule has 108 valence electrons. The van der Waals surface area contributed by atoms with E-state index in [0.717, 1.165) is 19.1 Å². The first-order chi connectivity index (χ1) is 8.39. The van der Waals surface area contributed by atoms with Gasteiger partial charge in [0.15, 0.2) is 0 Å². The van der Waals surface area contributed by atoms with E-state index in [1.165, 1.54) is 0 Å². The predicted octanol–water partition coefficient (Wildman–Crippen LogP) is -0.180. The van der Waals surface area contributed by atoms with Crippen LogP contribution in [0.3, 0.4) is 0 Å². The molecule has 0 aliphatic rings. The molecule has 0 fully saturated rings. The quantitative estimate of drug-likeness (QED) is 0.484. The third kappa shape index (κ3) is 10.5. The molecule has 0 spiro atoms. The number of nitrogens with one attached hydrogen (secondary N) is 3. The predicted molar refractivity (Wildman–Crippen MR) is 72.8 cm³/mol. The molecule has 0 aromatic heterocycles. The Kier molecular flexibility index (Phi) is 8.95. The zero-order chi connectivity index (χ0) is 14.0. The highest BCUT2D eigenvalue weighted by molar-refractivity contribution is 7.88. The average Bonchev–Trinajstić information content (AvgIpc) is 2.29. The fourth-order valence-corrected chi connectivity index (χ4v) is 1.96. The fourth-order valence-electron chi connectivity index (χ4n) is 1.44. The second-order valence-electron chi connectivity index (χ2n) is 4.28. The molecule has 3 N–H and O–H groups in total. The molecule has 1 amide bonds. The molecule has 0 aromatic carbocycles. The first-order valence-electron chi connectivity index (χ1n) is 6.33. The van der Waals surface area contributed by atoms with Crippen molar-refractivity contribution in [1.82, 2.24) is 15.4 Å². The van der Waals surface area contributed by atoms with Crippen LogP contribution in [0.4, 0.5) is 0 Å². The van der Waals surface area contributed by atoms with Crippen LogP contribution in [0.15, 0.2) is 0 Å². The summed E-state index contributed by atoms with van der Waals surface area (Å²) in [5.74, 6) is -0.0141. The minimum atomic E-state index is -3.11. The van der Waals surface area contributed by atoms with Crippen LogP contribution in [0.2, 0.25) is 0 Å². The van der Waals surface area contributed by atoms with Crippen molar-refractivity contribution >= 4 is 15.9 Å². The largest absolute Gasteiger partial charge is 0.352 e. The molecule has 0 rings (SSSR count). The monoisotopic (exact) mass is 279 g/mol. The number of carbonyl (C=O) groups excluding carboxylic acids is 1. The Bertz CT molecular complexity index is 326. The Morgan fingerprint density at radius 2 is 1.78 bits per heavy atom. The Morgan fingerprint density at radius 3 is 2.28 bits per heavy atom. The zero-order valence-corrected chi connectivity index (χ0v) is 12.3. The van der Waals surface area contributed by atoms with Crippen molar-refractivity contribution in [2.75, 3.05) is 25.9 Å². The normalized spacial score (nSPS) is 11.8. The summed E-state index contributed by atoms with van der Waals surface area (Å²) in [4.78, 5) is 11.5. The highest BCUT2D eigenvalue weighted by Crippen LogP contribution is 1.94. The zero-order valence-electron chi connectivity index (χ0n) is 11.5. The molecule has 0 atom stereocenters. The van der Waals surface area contributed by atoms with E-state index in [1.54, 1.807) is 0 Å². The van der Waals surface area contributed by atoms with Gasteiger partial charge in [-0.05, 0) is 25.8 Å². The van der Waals surface area contributed by atoms with E-state index < -0.39 is 10.0 Å². The summed E-state index contributed by atoms with van der Waals surface area (Å²) in [6.07, 6.45) is 3.65. The van der Waals surface area contributed by atoms with E-state index in [2.05, 4.69) is 15.4 Å². The number of hydrogen-bond donors (Lipinski definition) is 3. The maximum absolute atomic E-state index is 11.5. The first-order valence-corrected chi connectivity index (χ1v) is 8.22. The van der Waals surface area contributed by atoms with Crippen molar-refractivity contribution in [3.8, 4) is 0 Å². The fraction of sp³-hybridized carbons (Fsp3) is 0.909. The highest BCUT2D eigenvalue weighted by Gasteiger charge is 2.07. The van der Waals surface area contributed by atoms with Gasteiger partial charge in [-0.2, -0.15) is 0 Å². The van der Waals surface area contributed by atoms with E-state index in [9.17, 15) is 13.2 Å². The lowest BCUT2D eigenvalue weighted by molar-refractivity contribution is -0.121. The van der Waals surface area contributed by atoms with E-state index in [0.29, 0.717) is 19.5 Å². The number of carbonyl (C=O) groups is 1. The van der Waals surface area contributed by atoms with Gasteiger partial charge in [0.05, 0.1) is 12.8 Å². The number of amides is 1. The van der Waals surface area contributed by atoms with Crippen LogP contribution in [0.5, 0.6) is 0 Å². The van der Waals surface area contributed by atoms with Crippen molar-refractivity contribution in [3.63, 3.8) is 0 Å². The van der Waals surface area contributed by atoms with Crippen LogP contribution in [0.1, 0.15) is 33.1 Å². The van der Waals surface area contributed by atoms with E-state index >= 15 is 0 Å². The van der Waals surface area contributed by atoms with Gasteiger partial charge in [-0.15, -0.1) is 0 Å². The molecule has 0 unspecified atom stereocenters. The lowest BCUT2D eigenvalue weighted by Crippen LogP contribution is -2.40. The van der Waals surface area contributed by atoms with Gasteiger partial charge in [0, 0.05) is 12.6 Å². The molecular formula is C11H25N3O3S. The Morgan fingerprint density at radius 1 is 1.17 bits per heavy atom. The van der Waals surface area contributed by atoms with Gasteiger partial charge in [-0.3, -0.25) is 4.79 Å². The van der Waals surface area contributed by atoms with Gasteiger partial charge >= 0.3 is 0 Å². The van der Waals surface area contributed by atoms with Crippen LogP contribution in [0, 0.1) is 0 Å². The van der Waals surface area contributed by atoms with Gasteiger partial charge in [0.25, 0.3) is 0 Å². The maximum Gasteiger partial charge on any atom is 0.234 e. The minimum absolute atomic E-state index is 0.0141. The third-order valence-corrected chi connectivity index (χ3v) is 3.26. The van der Waals surface area contributed by atoms with Crippen LogP contribution in [-0.4, -0.2) is 46.3 Å². The topological polar surface area (TPSA) is 87.3 Å². The Hall–Kier alpha value is -0.660. The van der Waals surface area contributed by atoms with Gasteiger partial charge in [-0.1, -0.05) is 13.8 Å². The molecule has 0 saturated heterocycles. The summed E-state index contributed by atoms with van der Waals surface area (Å²) < 4.78 is 23.9. The van der Waals surface area contributed by atoms with Crippen LogP contribution < -0.4 is 15.4 Å². The highest BCUT2D eigenvalue weighted by atomic mass is 32.2. The molecule has 18 heavy (non-hydrogen) atoms. The van der Waals surface area contributed by atoms with Crippen LogP contribution >= 0.6 is 0 Å². The lowest BCUT2D eigenvalue weighted by Gasteiger charge is -2.14. The summed E-state index contributed by atoms with van der Waals surface area (Å²) in [6, 6.07) is 0.242. The molecule has 0 heterocycles. The molecule has 0 radical (unpaired) electrons. The second kappa shape index (κ2) is 9.29.